The van der Waals surface area contributed by atoms with Gasteiger partial charge in [-0.3, -0.25) is 0 Å². The lowest BCUT2D eigenvalue weighted by molar-refractivity contribution is -0.0614. The largest absolute Gasteiger partial charge is 0.377 e. The second-order valence-electron chi connectivity index (χ2n) is 3.69. The molecule has 1 rings (SSSR count). The van der Waals surface area contributed by atoms with Crippen LogP contribution in [0.4, 0.5) is 0 Å². The Morgan fingerprint density at radius 3 is 2.45 bits per heavy atom. The molecule has 0 heterocycles. The van der Waals surface area contributed by atoms with E-state index in [1.807, 2.05) is 6.92 Å². The highest BCUT2D eigenvalue weighted by Gasteiger charge is 2.39. The molecule has 0 bridgehead atoms. The highest BCUT2D eigenvalue weighted by atomic mass is 16.5. The Balaban J connectivity index is 2.39. The molecular formula is C9H19NO. The lowest BCUT2D eigenvalue weighted by atomic mass is 9.66. The van der Waals surface area contributed by atoms with Gasteiger partial charge in [-0.05, 0) is 25.2 Å². The summed E-state index contributed by atoms with van der Waals surface area (Å²) < 4.78 is 5.57. The monoisotopic (exact) mass is 157 g/mol. The maximum absolute atomic E-state index is 5.63. The maximum Gasteiger partial charge on any atom is 0.0750 e. The van der Waals surface area contributed by atoms with Gasteiger partial charge >= 0.3 is 0 Å². The molecule has 1 atom stereocenters. The summed E-state index contributed by atoms with van der Waals surface area (Å²) in [6, 6.07) is 0. The summed E-state index contributed by atoms with van der Waals surface area (Å²) in [6.45, 7) is 5.77. The predicted octanol–water partition coefficient (Wildman–Crippen LogP) is 1.54. The standard InChI is InChI=1S/C9H19NO/c1-3-11-8(7-10)9(2)5-4-6-9/h8H,3-7,10H2,1-2H3. The van der Waals surface area contributed by atoms with Gasteiger partial charge in [0.05, 0.1) is 6.10 Å². The minimum Gasteiger partial charge on any atom is -0.377 e. The van der Waals surface area contributed by atoms with Crippen molar-refractivity contribution in [2.45, 2.75) is 39.2 Å². The molecule has 2 heteroatoms. The Bertz CT molecular complexity index is 121. The number of nitrogens with two attached hydrogens (primary N) is 1. The Morgan fingerprint density at radius 1 is 1.55 bits per heavy atom. The summed E-state index contributed by atoms with van der Waals surface area (Å²) in [5, 5.41) is 0. The smallest absolute Gasteiger partial charge is 0.0750 e. The van der Waals surface area contributed by atoms with Crippen molar-refractivity contribution in [1.29, 1.82) is 0 Å². The zero-order valence-electron chi connectivity index (χ0n) is 7.60. The van der Waals surface area contributed by atoms with Crippen LogP contribution in [-0.4, -0.2) is 19.3 Å². The first-order valence-electron chi connectivity index (χ1n) is 4.54. The minimum atomic E-state index is 0.293. The third-order valence-electron chi connectivity index (χ3n) is 2.86. The van der Waals surface area contributed by atoms with Gasteiger partial charge in [0.2, 0.25) is 0 Å². The third-order valence-corrected chi connectivity index (χ3v) is 2.86. The van der Waals surface area contributed by atoms with Crippen LogP contribution >= 0.6 is 0 Å². The van der Waals surface area contributed by atoms with Crippen LogP contribution in [0, 0.1) is 5.41 Å². The van der Waals surface area contributed by atoms with Crippen LogP contribution in [0.1, 0.15) is 33.1 Å². The van der Waals surface area contributed by atoms with E-state index in [0.29, 0.717) is 18.1 Å². The van der Waals surface area contributed by atoms with Crippen LogP contribution < -0.4 is 5.73 Å². The minimum absolute atomic E-state index is 0.293. The first-order chi connectivity index (χ1) is 5.23. The molecule has 1 unspecified atom stereocenters. The lowest BCUT2D eigenvalue weighted by Gasteiger charge is -2.44. The van der Waals surface area contributed by atoms with E-state index < -0.39 is 0 Å². The Labute approximate surface area is 69.1 Å². The summed E-state index contributed by atoms with van der Waals surface area (Å²) in [4.78, 5) is 0. The Hall–Kier alpha value is -0.0800. The molecule has 0 spiro atoms. The quantitative estimate of drug-likeness (QED) is 0.672. The first-order valence-corrected chi connectivity index (χ1v) is 4.54. The molecule has 0 aliphatic heterocycles. The van der Waals surface area contributed by atoms with Gasteiger partial charge in [-0.15, -0.1) is 0 Å². The average Bonchev–Trinajstić information content (AvgIpc) is 1.96. The van der Waals surface area contributed by atoms with E-state index in [2.05, 4.69) is 6.92 Å². The fourth-order valence-corrected chi connectivity index (χ4v) is 1.81. The zero-order chi connectivity index (χ0) is 8.32. The van der Waals surface area contributed by atoms with Crippen LogP contribution in [0.3, 0.4) is 0 Å². The molecule has 0 aromatic rings. The van der Waals surface area contributed by atoms with Crippen LogP contribution in [-0.2, 0) is 4.74 Å². The maximum atomic E-state index is 5.63. The Kier molecular flexibility index (Phi) is 2.90. The molecular weight excluding hydrogens is 138 g/mol. The number of ether oxygens (including phenoxy) is 1. The second-order valence-corrected chi connectivity index (χ2v) is 3.69. The van der Waals surface area contributed by atoms with E-state index in [-0.39, 0.29) is 0 Å². The molecule has 1 saturated carbocycles. The zero-order valence-corrected chi connectivity index (χ0v) is 7.60. The SMILES string of the molecule is CCOC(CN)C1(C)CCC1. The van der Waals surface area contributed by atoms with E-state index in [1.54, 1.807) is 0 Å². The average molecular weight is 157 g/mol. The molecule has 0 amide bonds. The lowest BCUT2D eigenvalue weighted by Crippen LogP contribution is -2.44. The van der Waals surface area contributed by atoms with E-state index in [4.69, 9.17) is 10.5 Å². The van der Waals surface area contributed by atoms with Crippen molar-refractivity contribution in [2.24, 2.45) is 11.1 Å². The molecule has 0 saturated heterocycles. The van der Waals surface area contributed by atoms with E-state index in [1.165, 1.54) is 19.3 Å². The summed E-state index contributed by atoms with van der Waals surface area (Å²) in [5.41, 5.74) is 6.02. The van der Waals surface area contributed by atoms with Gasteiger partial charge in [-0.2, -0.15) is 0 Å². The van der Waals surface area contributed by atoms with Gasteiger partial charge in [-0.25, -0.2) is 0 Å². The fraction of sp³-hybridized carbons (Fsp3) is 1.00. The molecule has 11 heavy (non-hydrogen) atoms. The first kappa shape index (κ1) is 9.01. The van der Waals surface area contributed by atoms with Crippen molar-refractivity contribution in [1.82, 2.24) is 0 Å². The van der Waals surface area contributed by atoms with Crippen molar-refractivity contribution in [2.75, 3.05) is 13.2 Å². The van der Waals surface area contributed by atoms with Gasteiger partial charge in [0.15, 0.2) is 0 Å². The van der Waals surface area contributed by atoms with E-state index in [9.17, 15) is 0 Å². The second kappa shape index (κ2) is 3.55. The van der Waals surface area contributed by atoms with Gasteiger partial charge in [0.25, 0.3) is 0 Å². The number of hydrogen-bond donors (Lipinski definition) is 1. The van der Waals surface area contributed by atoms with Gasteiger partial charge < -0.3 is 10.5 Å². The summed E-state index contributed by atoms with van der Waals surface area (Å²) in [7, 11) is 0. The Morgan fingerprint density at radius 2 is 2.18 bits per heavy atom. The summed E-state index contributed by atoms with van der Waals surface area (Å²) >= 11 is 0. The summed E-state index contributed by atoms with van der Waals surface area (Å²) in [6.07, 6.45) is 4.21. The molecule has 1 fully saturated rings. The van der Waals surface area contributed by atoms with Crippen molar-refractivity contribution in [3.8, 4) is 0 Å². The van der Waals surface area contributed by atoms with Crippen molar-refractivity contribution < 1.29 is 4.74 Å². The van der Waals surface area contributed by atoms with Gasteiger partial charge in [0.1, 0.15) is 0 Å². The molecule has 2 N–H and O–H groups in total. The molecule has 0 radical (unpaired) electrons. The van der Waals surface area contributed by atoms with Crippen molar-refractivity contribution >= 4 is 0 Å². The highest BCUT2D eigenvalue weighted by Crippen LogP contribution is 2.44. The van der Waals surface area contributed by atoms with Crippen molar-refractivity contribution in [3.63, 3.8) is 0 Å². The number of rotatable bonds is 4. The number of hydrogen-bond acceptors (Lipinski definition) is 2. The molecule has 2 nitrogen and oxygen atoms in total. The topological polar surface area (TPSA) is 35.2 Å². The highest BCUT2D eigenvalue weighted by molar-refractivity contribution is 4.91. The van der Waals surface area contributed by atoms with Crippen molar-refractivity contribution in [3.05, 3.63) is 0 Å². The van der Waals surface area contributed by atoms with Crippen LogP contribution in [0.15, 0.2) is 0 Å². The fourth-order valence-electron chi connectivity index (χ4n) is 1.81. The van der Waals surface area contributed by atoms with E-state index >= 15 is 0 Å². The van der Waals surface area contributed by atoms with Gasteiger partial charge in [0, 0.05) is 13.2 Å². The molecule has 0 aromatic carbocycles. The third kappa shape index (κ3) is 1.74. The van der Waals surface area contributed by atoms with Gasteiger partial charge in [-0.1, -0.05) is 13.3 Å². The van der Waals surface area contributed by atoms with Crippen LogP contribution in [0.2, 0.25) is 0 Å². The van der Waals surface area contributed by atoms with E-state index in [0.717, 1.165) is 6.61 Å². The molecule has 66 valence electrons. The van der Waals surface area contributed by atoms with Crippen LogP contribution in [0.25, 0.3) is 0 Å². The molecule has 1 aliphatic carbocycles. The summed E-state index contributed by atoms with van der Waals surface area (Å²) in [5.74, 6) is 0. The molecule has 0 aromatic heterocycles. The predicted molar refractivity (Wildman–Crippen MR) is 46.4 cm³/mol. The normalized spacial score (nSPS) is 24.3. The molecule has 1 aliphatic rings. The van der Waals surface area contributed by atoms with Crippen LogP contribution in [0.5, 0.6) is 0 Å².